The van der Waals surface area contributed by atoms with E-state index < -0.39 is 0 Å². The quantitative estimate of drug-likeness (QED) is 0.693. The normalized spacial score (nSPS) is 23.7. The summed E-state index contributed by atoms with van der Waals surface area (Å²) in [4.78, 5) is 0. The molecule has 0 bridgehead atoms. The van der Waals surface area contributed by atoms with Crippen LogP contribution in [0.15, 0.2) is 0 Å². The zero-order valence-corrected chi connectivity index (χ0v) is 9.41. The minimum absolute atomic E-state index is 0.632. The van der Waals surface area contributed by atoms with E-state index >= 15 is 0 Å². The number of nitrogens with one attached hydrogen (secondary N) is 1. The van der Waals surface area contributed by atoms with Gasteiger partial charge in [0.05, 0.1) is 0 Å². The summed E-state index contributed by atoms with van der Waals surface area (Å²) in [6.45, 7) is 5.16. The molecule has 2 heteroatoms. The van der Waals surface area contributed by atoms with E-state index in [4.69, 9.17) is 0 Å². The monoisotopic (exact) mass is 197 g/mol. The van der Waals surface area contributed by atoms with Gasteiger partial charge in [-0.1, -0.05) is 6.92 Å². The van der Waals surface area contributed by atoms with E-state index in [1.807, 2.05) is 6.92 Å². The highest BCUT2D eigenvalue weighted by molar-refractivity contribution is 7.99. The maximum atomic E-state index is 3.54. The van der Waals surface area contributed by atoms with E-state index in [0.717, 1.165) is 18.9 Å². The molecule has 2 unspecified atom stereocenters. The van der Waals surface area contributed by atoms with Crippen molar-refractivity contribution in [2.75, 3.05) is 18.1 Å². The maximum absolute atomic E-state index is 3.54. The van der Waals surface area contributed by atoms with Gasteiger partial charge in [0.15, 0.2) is 0 Å². The zero-order valence-electron chi connectivity index (χ0n) is 8.60. The van der Waals surface area contributed by atoms with E-state index in [-0.39, 0.29) is 0 Å². The summed E-state index contributed by atoms with van der Waals surface area (Å²) in [7, 11) is 0. The molecular weight excluding hydrogens is 178 g/mol. The van der Waals surface area contributed by atoms with Crippen LogP contribution in [0, 0.1) is 17.8 Å². The van der Waals surface area contributed by atoms with E-state index in [2.05, 4.69) is 35.8 Å². The molecule has 1 aliphatic rings. The van der Waals surface area contributed by atoms with Gasteiger partial charge in [-0.2, -0.15) is 11.8 Å². The molecule has 1 aliphatic heterocycles. The molecule has 0 spiro atoms. The highest BCUT2D eigenvalue weighted by atomic mass is 32.2. The molecule has 0 aromatic carbocycles. The largest absolute Gasteiger partial charge is 0.313 e. The highest BCUT2D eigenvalue weighted by Crippen LogP contribution is 2.27. The topological polar surface area (TPSA) is 12.0 Å². The summed E-state index contributed by atoms with van der Waals surface area (Å²) in [6.07, 6.45) is 2.39. The number of thioether (sulfide) groups is 1. The minimum Gasteiger partial charge on any atom is -0.313 e. The minimum atomic E-state index is 0.632. The number of rotatable bonds is 4. The van der Waals surface area contributed by atoms with E-state index in [1.165, 1.54) is 17.9 Å². The molecule has 1 nitrogen and oxygen atoms in total. The first-order valence-corrected chi connectivity index (χ1v) is 6.24. The van der Waals surface area contributed by atoms with Gasteiger partial charge in [-0.3, -0.25) is 0 Å². The summed E-state index contributed by atoms with van der Waals surface area (Å²) >= 11 is 2.08. The second kappa shape index (κ2) is 6.34. The van der Waals surface area contributed by atoms with Crippen molar-refractivity contribution in [3.8, 4) is 11.8 Å². The second-order valence-electron chi connectivity index (χ2n) is 3.42. The van der Waals surface area contributed by atoms with Crippen LogP contribution in [0.5, 0.6) is 0 Å². The third-order valence-corrected chi connectivity index (χ3v) is 3.69. The van der Waals surface area contributed by atoms with Crippen molar-refractivity contribution in [2.24, 2.45) is 5.92 Å². The van der Waals surface area contributed by atoms with Gasteiger partial charge in [-0.25, -0.2) is 0 Å². The third-order valence-electron chi connectivity index (χ3n) is 2.50. The fourth-order valence-electron chi connectivity index (χ4n) is 1.75. The van der Waals surface area contributed by atoms with Crippen LogP contribution in [0.3, 0.4) is 0 Å². The lowest BCUT2D eigenvalue weighted by molar-refractivity contribution is 0.395. The summed E-state index contributed by atoms with van der Waals surface area (Å²) < 4.78 is 0. The molecule has 1 saturated heterocycles. The third kappa shape index (κ3) is 3.62. The fraction of sp³-hybridized carbons (Fsp3) is 0.818. The van der Waals surface area contributed by atoms with Gasteiger partial charge in [0.2, 0.25) is 0 Å². The lowest BCUT2D eigenvalue weighted by atomic mass is 9.96. The zero-order chi connectivity index (χ0) is 9.52. The molecule has 1 heterocycles. The molecule has 0 amide bonds. The van der Waals surface area contributed by atoms with Crippen LogP contribution in [0.4, 0.5) is 0 Å². The predicted molar refractivity (Wildman–Crippen MR) is 61.0 cm³/mol. The van der Waals surface area contributed by atoms with E-state index in [9.17, 15) is 0 Å². The van der Waals surface area contributed by atoms with Crippen LogP contribution in [0.25, 0.3) is 0 Å². The molecule has 0 radical (unpaired) electrons. The first kappa shape index (κ1) is 10.9. The summed E-state index contributed by atoms with van der Waals surface area (Å²) in [5, 5.41) is 3.54. The Morgan fingerprint density at radius 1 is 1.62 bits per heavy atom. The average Bonchev–Trinajstić information content (AvgIpc) is 2.65. The van der Waals surface area contributed by atoms with Crippen LogP contribution < -0.4 is 5.32 Å². The fourth-order valence-corrected chi connectivity index (χ4v) is 3.09. The van der Waals surface area contributed by atoms with Crippen LogP contribution in [-0.2, 0) is 0 Å². The van der Waals surface area contributed by atoms with Gasteiger partial charge in [0, 0.05) is 12.5 Å². The van der Waals surface area contributed by atoms with Crippen LogP contribution in [-0.4, -0.2) is 24.1 Å². The molecule has 74 valence electrons. The number of hydrogen-bond donors (Lipinski definition) is 1. The van der Waals surface area contributed by atoms with Gasteiger partial charge >= 0.3 is 0 Å². The van der Waals surface area contributed by atoms with Crippen molar-refractivity contribution in [3.63, 3.8) is 0 Å². The smallest absolute Gasteiger partial charge is 0.0246 e. The first-order chi connectivity index (χ1) is 6.38. The Hall–Kier alpha value is -0.130. The molecular formula is C11H19NS. The molecule has 1 rings (SSSR count). The average molecular weight is 197 g/mol. The Morgan fingerprint density at radius 3 is 3.00 bits per heavy atom. The van der Waals surface area contributed by atoms with Crippen LogP contribution in [0.2, 0.25) is 0 Å². The standard InChI is InChI=1S/C11H19NS/c1-3-5-6-11(12-4-2)10-7-8-13-9-10/h10-12H,4,6-9H2,1-2H3. The van der Waals surface area contributed by atoms with Crippen molar-refractivity contribution in [2.45, 2.75) is 32.7 Å². The Bertz CT molecular complexity index is 186. The predicted octanol–water partition coefficient (Wildman–Crippen LogP) is 2.13. The van der Waals surface area contributed by atoms with Crippen LogP contribution in [0.1, 0.15) is 26.7 Å². The molecule has 1 N–H and O–H groups in total. The van der Waals surface area contributed by atoms with E-state index in [1.54, 1.807) is 0 Å². The lowest BCUT2D eigenvalue weighted by Gasteiger charge is -2.21. The Morgan fingerprint density at radius 2 is 2.46 bits per heavy atom. The van der Waals surface area contributed by atoms with E-state index in [0.29, 0.717) is 6.04 Å². The van der Waals surface area contributed by atoms with Gasteiger partial charge in [-0.05, 0) is 37.3 Å². The maximum Gasteiger partial charge on any atom is 0.0246 e. The molecule has 1 fully saturated rings. The molecule has 2 atom stereocenters. The Balaban J connectivity index is 2.38. The molecule has 0 aromatic heterocycles. The van der Waals surface area contributed by atoms with Crippen molar-refractivity contribution in [1.29, 1.82) is 0 Å². The SMILES string of the molecule is CC#CCC(NCC)C1CCSC1. The van der Waals surface area contributed by atoms with Gasteiger partial charge < -0.3 is 5.32 Å². The van der Waals surface area contributed by atoms with Crippen molar-refractivity contribution in [3.05, 3.63) is 0 Å². The van der Waals surface area contributed by atoms with Gasteiger partial charge in [0.25, 0.3) is 0 Å². The van der Waals surface area contributed by atoms with Crippen LogP contribution >= 0.6 is 11.8 Å². The summed E-state index contributed by atoms with van der Waals surface area (Å²) in [6, 6.07) is 0.632. The first-order valence-electron chi connectivity index (χ1n) is 5.09. The summed E-state index contributed by atoms with van der Waals surface area (Å²) in [5.74, 6) is 9.69. The van der Waals surface area contributed by atoms with Crippen molar-refractivity contribution < 1.29 is 0 Å². The van der Waals surface area contributed by atoms with Crippen molar-refractivity contribution >= 4 is 11.8 Å². The molecule has 0 aliphatic carbocycles. The Kier molecular flexibility index (Phi) is 5.34. The molecule has 0 saturated carbocycles. The second-order valence-corrected chi connectivity index (χ2v) is 4.57. The highest BCUT2D eigenvalue weighted by Gasteiger charge is 2.23. The number of hydrogen-bond acceptors (Lipinski definition) is 2. The molecule has 13 heavy (non-hydrogen) atoms. The van der Waals surface area contributed by atoms with Crippen molar-refractivity contribution in [1.82, 2.24) is 5.32 Å². The van der Waals surface area contributed by atoms with Gasteiger partial charge in [-0.15, -0.1) is 11.8 Å². The van der Waals surface area contributed by atoms with Gasteiger partial charge in [0.1, 0.15) is 0 Å². The summed E-state index contributed by atoms with van der Waals surface area (Å²) in [5.41, 5.74) is 0. The lowest BCUT2D eigenvalue weighted by Crippen LogP contribution is -2.35. The Labute approximate surface area is 86.1 Å². The molecule has 0 aromatic rings.